The normalized spacial score (nSPS) is 23.6. The van der Waals surface area contributed by atoms with E-state index >= 15 is 0 Å². The van der Waals surface area contributed by atoms with Crippen molar-refractivity contribution in [1.29, 1.82) is 0 Å². The number of nitrogens with one attached hydrogen (secondary N) is 1. The maximum absolute atomic E-state index is 11.9. The summed E-state index contributed by atoms with van der Waals surface area (Å²) in [7, 11) is 0. The topological polar surface area (TPSA) is 42.0 Å². The molecule has 1 N–H and O–H groups in total. The Hall–Kier alpha value is -0.740. The second kappa shape index (κ2) is 5.74. The van der Waals surface area contributed by atoms with Gasteiger partial charge in [-0.05, 0) is 37.7 Å². The van der Waals surface area contributed by atoms with Gasteiger partial charge in [-0.1, -0.05) is 11.6 Å². The van der Waals surface area contributed by atoms with Gasteiger partial charge in [-0.15, -0.1) is 0 Å². The summed E-state index contributed by atoms with van der Waals surface area (Å²) in [4.78, 5) is 15.8. The fraction of sp³-hybridized carbons (Fsp3) is 0.500. The van der Waals surface area contributed by atoms with Gasteiger partial charge in [-0.25, -0.2) is 4.98 Å². The van der Waals surface area contributed by atoms with Gasteiger partial charge in [0.2, 0.25) is 0 Å². The van der Waals surface area contributed by atoms with Gasteiger partial charge in [0, 0.05) is 17.5 Å². The molecule has 1 aliphatic carbocycles. The number of pyridine rings is 1. The Bertz CT molecular complexity index is 396. The summed E-state index contributed by atoms with van der Waals surface area (Å²) in [5.41, 5.74) is 0.571. The van der Waals surface area contributed by atoms with Crippen molar-refractivity contribution >= 4 is 29.3 Å². The molecule has 3 nitrogen and oxygen atoms in total. The van der Waals surface area contributed by atoms with Crippen molar-refractivity contribution in [2.75, 3.05) is 6.26 Å². The smallest absolute Gasteiger partial charge is 0.253 e. The Morgan fingerprint density at radius 1 is 1.53 bits per heavy atom. The largest absolute Gasteiger partial charge is 0.349 e. The van der Waals surface area contributed by atoms with Crippen LogP contribution in [0.3, 0.4) is 0 Å². The summed E-state index contributed by atoms with van der Waals surface area (Å²) in [6, 6.07) is 3.64. The second-order valence-corrected chi connectivity index (χ2v) is 5.74. The molecule has 1 aromatic heterocycles. The highest BCUT2D eigenvalue weighted by Gasteiger charge is 2.25. The average molecular weight is 271 g/mol. The highest BCUT2D eigenvalue weighted by Crippen LogP contribution is 2.28. The summed E-state index contributed by atoms with van der Waals surface area (Å²) < 4.78 is 0. The molecule has 0 spiro atoms. The molecule has 1 aromatic rings. The van der Waals surface area contributed by atoms with Gasteiger partial charge < -0.3 is 5.32 Å². The quantitative estimate of drug-likeness (QED) is 0.859. The van der Waals surface area contributed by atoms with E-state index in [2.05, 4.69) is 16.6 Å². The molecule has 2 unspecified atom stereocenters. The van der Waals surface area contributed by atoms with E-state index in [1.807, 2.05) is 11.8 Å². The molecule has 1 amide bonds. The van der Waals surface area contributed by atoms with Crippen LogP contribution in [0.25, 0.3) is 0 Å². The molecule has 1 saturated carbocycles. The number of nitrogens with zero attached hydrogens (tertiary/aromatic N) is 1. The van der Waals surface area contributed by atoms with Gasteiger partial charge in [-0.2, -0.15) is 11.8 Å². The predicted octanol–water partition coefficient (Wildman–Crippen LogP) is 2.75. The van der Waals surface area contributed by atoms with Gasteiger partial charge in [0.15, 0.2) is 0 Å². The lowest BCUT2D eigenvalue weighted by atomic mass is 10.2. The standard InChI is InChI=1S/C12H15ClN2OS/c1-17-10-4-3-9(6-10)15-12(16)8-2-5-11(13)14-7-8/h2,5,7,9-10H,3-4,6H2,1H3,(H,15,16). The number of carbonyl (C=O) groups excluding carboxylic acids is 1. The van der Waals surface area contributed by atoms with Gasteiger partial charge in [0.25, 0.3) is 5.91 Å². The third kappa shape index (κ3) is 3.36. The number of amides is 1. The van der Waals surface area contributed by atoms with Crippen molar-refractivity contribution < 1.29 is 4.79 Å². The zero-order chi connectivity index (χ0) is 12.3. The molecule has 0 aliphatic heterocycles. The second-order valence-electron chi connectivity index (χ2n) is 4.21. The van der Waals surface area contributed by atoms with Crippen LogP contribution in [-0.2, 0) is 0 Å². The highest BCUT2D eigenvalue weighted by molar-refractivity contribution is 7.99. The highest BCUT2D eigenvalue weighted by atomic mass is 35.5. The van der Waals surface area contributed by atoms with E-state index in [-0.39, 0.29) is 5.91 Å². The van der Waals surface area contributed by atoms with Crippen LogP contribution in [0, 0.1) is 0 Å². The first-order chi connectivity index (χ1) is 8.19. The van der Waals surface area contributed by atoms with Crippen LogP contribution < -0.4 is 5.32 Å². The van der Waals surface area contributed by atoms with Gasteiger partial charge >= 0.3 is 0 Å². The maximum atomic E-state index is 11.9. The van der Waals surface area contributed by atoms with Crippen LogP contribution in [0.2, 0.25) is 5.15 Å². The van der Waals surface area contributed by atoms with Crippen molar-refractivity contribution in [3.8, 4) is 0 Å². The Kier molecular flexibility index (Phi) is 4.29. The molecular weight excluding hydrogens is 256 g/mol. The molecule has 1 fully saturated rings. The zero-order valence-electron chi connectivity index (χ0n) is 9.65. The van der Waals surface area contributed by atoms with Crippen LogP contribution >= 0.6 is 23.4 Å². The van der Waals surface area contributed by atoms with Gasteiger partial charge in [0.05, 0.1) is 5.56 Å². The first-order valence-corrected chi connectivity index (χ1v) is 7.31. The SMILES string of the molecule is CSC1CCC(NC(=O)c2ccc(Cl)nc2)C1. The Morgan fingerprint density at radius 3 is 2.94 bits per heavy atom. The molecule has 0 saturated heterocycles. The van der Waals surface area contributed by atoms with E-state index in [0.29, 0.717) is 22.0 Å². The lowest BCUT2D eigenvalue weighted by Crippen LogP contribution is -2.33. The summed E-state index contributed by atoms with van der Waals surface area (Å²) in [5, 5.41) is 4.13. The fourth-order valence-electron chi connectivity index (χ4n) is 2.06. The number of hydrogen-bond donors (Lipinski definition) is 1. The van der Waals surface area contributed by atoms with Crippen LogP contribution in [0.5, 0.6) is 0 Å². The molecule has 0 radical (unpaired) electrons. The van der Waals surface area contributed by atoms with Gasteiger partial charge in [-0.3, -0.25) is 4.79 Å². The van der Waals surface area contributed by atoms with Crippen LogP contribution in [-0.4, -0.2) is 28.4 Å². The maximum Gasteiger partial charge on any atom is 0.253 e. The van der Waals surface area contributed by atoms with Crippen LogP contribution in [0.4, 0.5) is 0 Å². The first-order valence-electron chi connectivity index (χ1n) is 5.64. The van der Waals surface area contributed by atoms with Gasteiger partial charge in [0.1, 0.15) is 5.15 Å². The molecule has 1 heterocycles. The van der Waals surface area contributed by atoms with E-state index < -0.39 is 0 Å². The van der Waals surface area contributed by atoms with E-state index in [0.717, 1.165) is 12.8 Å². The van der Waals surface area contributed by atoms with Crippen LogP contribution in [0.15, 0.2) is 18.3 Å². The predicted molar refractivity (Wildman–Crippen MR) is 71.7 cm³/mol. The molecular formula is C12H15ClN2OS. The molecule has 17 heavy (non-hydrogen) atoms. The lowest BCUT2D eigenvalue weighted by molar-refractivity contribution is 0.0937. The number of aromatic nitrogens is 1. The van der Waals surface area contributed by atoms with Crippen molar-refractivity contribution in [3.63, 3.8) is 0 Å². The summed E-state index contributed by atoms with van der Waals surface area (Å²) in [5.74, 6) is -0.0547. The molecule has 2 atom stereocenters. The summed E-state index contributed by atoms with van der Waals surface area (Å²) in [6.45, 7) is 0. The number of halogens is 1. The summed E-state index contributed by atoms with van der Waals surface area (Å²) in [6.07, 6.45) is 6.95. The van der Waals surface area contributed by atoms with E-state index in [4.69, 9.17) is 11.6 Å². The summed E-state index contributed by atoms with van der Waals surface area (Å²) >= 11 is 7.56. The number of carbonyl (C=O) groups is 1. The zero-order valence-corrected chi connectivity index (χ0v) is 11.2. The first kappa shape index (κ1) is 12.7. The number of rotatable bonds is 3. The Labute approximate surface area is 110 Å². The molecule has 2 rings (SSSR count). The molecule has 5 heteroatoms. The monoisotopic (exact) mass is 270 g/mol. The molecule has 0 aromatic carbocycles. The molecule has 1 aliphatic rings. The van der Waals surface area contributed by atoms with Crippen molar-refractivity contribution in [2.24, 2.45) is 0 Å². The number of thioether (sulfide) groups is 1. The van der Waals surface area contributed by atoms with Crippen molar-refractivity contribution in [2.45, 2.75) is 30.6 Å². The Balaban J connectivity index is 1.91. The molecule has 92 valence electrons. The number of hydrogen-bond acceptors (Lipinski definition) is 3. The van der Waals surface area contributed by atoms with E-state index in [1.54, 1.807) is 12.1 Å². The van der Waals surface area contributed by atoms with Crippen LogP contribution in [0.1, 0.15) is 29.6 Å². The van der Waals surface area contributed by atoms with E-state index in [1.165, 1.54) is 12.6 Å². The minimum absolute atomic E-state index is 0.0547. The third-order valence-corrected chi connectivity index (χ3v) is 4.36. The average Bonchev–Trinajstić information content (AvgIpc) is 2.77. The van der Waals surface area contributed by atoms with Crippen molar-refractivity contribution in [3.05, 3.63) is 29.0 Å². The molecule has 0 bridgehead atoms. The fourth-order valence-corrected chi connectivity index (χ4v) is 2.97. The Morgan fingerprint density at radius 2 is 2.35 bits per heavy atom. The lowest BCUT2D eigenvalue weighted by Gasteiger charge is -2.12. The third-order valence-electron chi connectivity index (χ3n) is 3.04. The van der Waals surface area contributed by atoms with E-state index in [9.17, 15) is 4.79 Å². The minimum Gasteiger partial charge on any atom is -0.349 e. The van der Waals surface area contributed by atoms with Crippen molar-refractivity contribution in [1.82, 2.24) is 10.3 Å². The minimum atomic E-state index is -0.0547.